The lowest BCUT2D eigenvalue weighted by atomic mass is 10.1. The van der Waals surface area contributed by atoms with Crippen molar-refractivity contribution in [2.45, 2.75) is 13.3 Å². The Labute approximate surface area is 157 Å². The van der Waals surface area contributed by atoms with Gasteiger partial charge in [-0.3, -0.25) is 0 Å². The lowest BCUT2D eigenvalue weighted by molar-refractivity contribution is 0.171. The summed E-state index contributed by atoms with van der Waals surface area (Å²) in [7, 11) is 0. The van der Waals surface area contributed by atoms with E-state index in [0.717, 1.165) is 33.7 Å². The van der Waals surface area contributed by atoms with E-state index in [1.165, 1.54) is 0 Å². The largest absolute Gasteiger partial charge is 0.486 e. The average molecular weight is 366 g/mol. The third kappa shape index (κ3) is 3.73. The van der Waals surface area contributed by atoms with Gasteiger partial charge in [0.05, 0.1) is 5.52 Å². The molecule has 1 aliphatic rings. The molecule has 7 heteroatoms. The van der Waals surface area contributed by atoms with Crippen LogP contribution in [-0.2, 0) is 0 Å². The fourth-order valence-corrected chi connectivity index (χ4v) is 3.02. The molecule has 2 aromatic carbocycles. The van der Waals surface area contributed by atoms with Crippen molar-refractivity contribution in [2.75, 3.05) is 37.0 Å². The Morgan fingerprint density at radius 2 is 1.93 bits per heavy atom. The molecule has 0 atom stereocenters. The lowest BCUT2D eigenvalue weighted by Crippen LogP contribution is -2.15. The molecule has 0 saturated carbocycles. The lowest BCUT2D eigenvalue weighted by Gasteiger charge is -2.19. The molecule has 140 valence electrons. The number of aromatic nitrogens is 2. The van der Waals surface area contributed by atoms with E-state index in [4.69, 9.17) is 14.6 Å². The number of nitrogens with zero attached hydrogens (tertiary/aromatic N) is 2. The first-order valence-corrected chi connectivity index (χ1v) is 9.03. The summed E-state index contributed by atoms with van der Waals surface area (Å²) in [4.78, 5) is 9.32. The molecule has 1 aliphatic heterocycles. The summed E-state index contributed by atoms with van der Waals surface area (Å²) in [6.07, 6.45) is 0.655. The summed E-state index contributed by atoms with van der Waals surface area (Å²) >= 11 is 0. The standard InChI is InChI=1S/C20H22N4O3/c1-13-4-2-5-15-18(13)23-20(24-19(15)21-8-3-9-25)22-14-6-7-16-17(12-14)27-11-10-26-16/h2,4-7,12,25H,3,8-11H2,1H3,(H2,21,22,23,24). The zero-order chi connectivity index (χ0) is 18.6. The van der Waals surface area contributed by atoms with Gasteiger partial charge < -0.3 is 25.2 Å². The first kappa shape index (κ1) is 17.4. The van der Waals surface area contributed by atoms with Crippen LogP contribution in [0.1, 0.15) is 12.0 Å². The number of para-hydroxylation sites is 1. The Balaban J connectivity index is 1.67. The topological polar surface area (TPSA) is 88.5 Å². The van der Waals surface area contributed by atoms with E-state index in [-0.39, 0.29) is 6.61 Å². The number of benzene rings is 2. The van der Waals surface area contributed by atoms with Crippen LogP contribution in [0, 0.1) is 6.92 Å². The number of aliphatic hydroxyl groups excluding tert-OH is 1. The van der Waals surface area contributed by atoms with Gasteiger partial charge in [-0.1, -0.05) is 12.1 Å². The van der Waals surface area contributed by atoms with Crippen molar-refractivity contribution in [1.29, 1.82) is 0 Å². The average Bonchev–Trinajstić information content (AvgIpc) is 2.69. The van der Waals surface area contributed by atoms with Gasteiger partial charge in [0.15, 0.2) is 11.5 Å². The summed E-state index contributed by atoms with van der Waals surface area (Å²) in [6, 6.07) is 11.7. The van der Waals surface area contributed by atoms with Crippen LogP contribution in [0.25, 0.3) is 10.9 Å². The highest BCUT2D eigenvalue weighted by Crippen LogP contribution is 2.34. The predicted octanol–water partition coefficient (Wildman–Crippen LogP) is 3.25. The minimum Gasteiger partial charge on any atom is -0.486 e. The Morgan fingerprint density at radius 1 is 1.07 bits per heavy atom. The molecule has 1 aromatic heterocycles. The van der Waals surface area contributed by atoms with E-state index in [9.17, 15) is 0 Å². The molecule has 0 bridgehead atoms. The van der Waals surface area contributed by atoms with E-state index < -0.39 is 0 Å². The summed E-state index contributed by atoms with van der Waals surface area (Å²) in [5.41, 5.74) is 2.79. The Morgan fingerprint density at radius 3 is 2.78 bits per heavy atom. The minimum absolute atomic E-state index is 0.136. The molecule has 0 saturated heterocycles. The second-order valence-electron chi connectivity index (χ2n) is 6.35. The number of aryl methyl sites for hydroxylation is 1. The van der Waals surface area contributed by atoms with Crippen LogP contribution in [-0.4, -0.2) is 41.4 Å². The summed E-state index contributed by atoms with van der Waals surface area (Å²) in [5, 5.41) is 16.6. The molecule has 0 radical (unpaired) electrons. The molecule has 4 rings (SSSR count). The van der Waals surface area contributed by atoms with Crippen LogP contribution < -0.4 is 20.1 Å². The fraction of sp³-hybridized carbons (Fsp3) is 0.300. The van der Waals surface area contributed by atoms with Gasteiger partial charge in [0.25, 0.3) is 0 Å². The molecule has 7 nitrogen and oxygen atoms in total. The maximum absolute atomic E-state index is 9.04. The quantitative estimate of drug-likeness (QED) is 0.577. The SMILES string of the molecule is Cc1cccc2c(NCCCO)nc(Nc3ccc4c(c3)OCCO4)nc12. The number of aliphatic hydroxyl groups is 1. The van der Waals surface area contributed by atoms with E-state index >= 15 is 0 Å². The number of ether oxygens (including phenoxy) is 2. The van der Waals surface area contributed by atoms with Crippen LogP contribution in [0.2, 0.25) is 0 Å². The number of hydrogen-bond donors (Lipinski definition) is 3. The molecule has 0 amide bonds. The van der Waals surface area contributed by atoms with Gasteiger partial charge in [-0.05, 0) is 37.1 Å². The number of rotatable bonds is 6. The molecular weight excluding hydrogens is 344 g/mol. The zero-order valence-corrected chi connectivity index (χ0v) is 15.2. The highest BCUT2D eigenvalue weighted by molar-refractivity contribution is 5.92. The van der Waals surface area contributed by atoms with Crippen molar-refractivity contribution in [1.82, 2.24) is 9.97 Å². The summed E-state index contributed by atoms with van der Waals surface area (Å²) < 4.78 is 11.2. The molecule has 0 aliphatic carbocycles. The van der Waals surface area contributed by atoms with Gasteiger partial charge in [0, 0.05) is 30.3 Å². The Kier molecular flexibility index (Phi) is 4.93. The third-order valence-electron chi connectivity index (χ3n) is 4.35. The van der Waals surface area contributed by atoms with Crippen LogP contribution >= 0.6 is 0 Å². The first-order valence-electron chi connectivity index (χ1n) is 9.03. The van der Waals surface area contributed by atoms with Crippen LogP contribution in [0.5, 0.6) is 11.5 Å². The monoisotopic (exact) mass is 366 g/mol. The van der Waals surface area contributed by atoms with Crippen LogP contribution in [0.4, 0.5) is 17.5 Å². The van der Waals surface area contributed by atoms with Crippen molar-refractivity contribution >= 4 is 28.4 Å². The molecule has 0 unspecified atom stereocenters. The maximum atomic E-state index is 9.04. The van der Waals surface area contributed by atoms with Gasteiger partial charge >= 0.3 is 0 Å². The first-order chi connectivity index (χ1) is 13.2. The van der Waals surface area contributed by atoms with Crippen LogP contribution in [0.3, 0.4) is 0 Å². The second kappa shape index (κ2) is 7.67. The van der Waals surface area contributed by atoms with Crippen molar-refractivity contribution in [3.8, 4) is 11.5 Å². The van der Waals surface area contributed by atoms with Crippen molar-refractivity contribution < 1.29 is 14.6 Å². The summed E-state index contributed by atoms with van der Waals surface area (Å²) in [6.45, 7) is 3.91. The number of hydrogen-bond acceptors (Lipinski definition) is 7. The molecule has 0 spiro atoms. The normalized spacial score (nSPS) is 12.8. The number of nitrogens with one attached hydrogen (secondary N) is 2. The van der Waals surface area contributed by atoms with Gasteiger partial charge in [-0.2, -0.15) is 4.98 Å². The predicted molar refractivity (Wildman–Crippen MR) is 105 cm³/mol. The highest BCUT2D eigenvalue weighted by Gasteiger charge is 2.13. The van der Waals surface area contributed by atoms with Crippen molar-refractivity contribution in [3.05, 3.63) is 42.0 Å². The van der Waals surface area contributed by atoms with Gasteiger partial charge in [-0.15, -0.1) is 0 Å². The van der Waals surface area contributed by atoms with Gasteiger partial charge in [0.1, 0.15) is 19.0 Å². The van der Waals surface area contributed by atoms with E-state index in [0.29, 0.717) is 37.9 Å². The summed E-state index contributed by atoms with van der Waals surface area (Å²) in [5.74, 6) is 2.70. The third-order valence-corrected chi connectivity index (χ3v) is 4.35. The van der Waals surface area contributed by atoms with Gasteiger partial charge in [-0.25, -0.2) is 4.98 Å². The smallest absolute Gasteiger partial charge is 0.229 e. The van der Waals surface area contributed by atoms with E-state index in [1.54, 1.807) is 0 Å². The molecule has 27 heavy (non-hydrogen) atoms. The van der Waals surface area contributed by atoms with Crippen molar-refractivity contribution in [2.24, 2.45) is 0 Å². The molecule has 0 fully saturated rings. The van der Waals surface area contributed by atoms with E-state index in [2.05, 4.69) is 20.6 Å². The molecule has 2 heterocycles. The number of anilines is 3. The zero-order valence-electron chi connectivity index (χ0n) is 15.2. The second-order valence-corrected chi connectivity index (χ2v) is 6.35. The van der Waals surface area contributed by atoms with Crippen LogP contribution in [0.15, 0.2) is 36.4 Å². The Bertz CT molecular complexity index is 961. The maximum Gasteiger partial charge on any atom is 0.229 e. The van der Waals surface area contributed by atoms with Crippen molar-refractivity contribution in [3.63, 3.8) is 0 Å². The number of fused-ring (bicyclic) bond motifs is 2. The molecule has 3 N–H and O–H groups in total. The molecule has 3 aromatic rings. The fourth-order valence-electron chi connectivity index (χ4n) is 3.02. The minimum atomic E-state index is 0.136. The van der Waals surface area contributed by atoms with E-state index in [1.807, 2.05) is 43.3 Å². The Hall–Kier alpha value is -3.06. The molecular formula is C20H22N4O3. The highest BCUT2D eigenvalue weighted by atomic mass is 16.6. The van der Waals surface area contributed by atoms with Gasteiger partial charge in [0.2, 0.25) is 5.95 Å².